The highest BCUT2D eigenvalue weighted by Crippen LogP contribution is 2.38. The Bertz CT molecular complexity index is 686. The number of rotatable bonds is 5. The molecule has 0 amide bonds. The number of methoxy groups -OCH3 is 1. The smallest absolute Gasteiger partial charge is 0.305 e. The van der Waals surface area contributed by atoms with Gasteiger partial charge in [-0.25, -0.2) is 0 Å². The molecule has 0 aromatic heterocycles. The van der Waals surface area contributed by atoms with E-state index < -0.39 is 0 Å². The number of nitrogens with zero attached hydrogens (tertiary/aromatic N) is 1. The number of ether oxygens (including phenoxy) is 1. The summed E-state index contributed by atoms with van der Waals surface area (Å²) < 4.78 is 4.74. The molecule has 0 fully saturated rings. The zero-order valence-corrected chi connectivity index (χ0v) is 13.2. The summed E-state index contributed by atoms with van der Waals surface area (Å²) in [5, 5.41) is 0. The number of carbonyl (C=O) groups excluding carboxylic acids is 1. The zero-order chi connectivity index (χ0) is 15.4. The Morgan fingerprint density at radius 2 is 2.09 bits per heavy atom. The third-order valence-electron chi connectivity index (χ3n) is 3.57. The molecule has 1 aliphatic heterocycles. The first-order valence-corrected chi connectivity index (χ1v) is 8.05. The second kappa shape index (κ2) is 6.79. The van der Waals surface area contributed by atoms with Crippen LogP contribution < -0.4 is 0 Å². The molecule has 1 unspecified atom stereocenters. The summed E-state index contributed by atoms with van der Waals surface area (Å²) in [7, 11) is 1.42. The summed E-state index contributed by atoms with van der Waals surface area (Å²) in [6.45, 7) is 0. The third-order valence-corrected chi connectivity index (χ3v) is 4.76. The van der Waals surface area contributed by atoms with Crippen molar-refractivity contribution in [1.29, 1.82) is 0 Å². The fraction of sp³-hybridized carbons (Fsp3) is 0.222. The van der Waals surface area contributed by atoms with Crippen LogP contribution in [0.4, 0.5) is 0 Å². The molecule has 3 nitrogen and oxygen atoms in total. The Morgan fingerprint density at radius 3 is 2.86 bits per heavy atom. The van der Waals surface area contributed by atoms with Crippen molar-refractivity contribution in [3.05, 3.63) is 65.1 Å². The molecule has 2 aliphatic rings. The number of benzene rings is 1. The summed E-state index contributed by atoms with van der Waals surface area (Å²) >= 11 is 1.72. The van der Waals surface area contributed by atoms with E-state index in [1.165, 1.54) is 22.5 Å². The van der Waals surface area contributed by atoms with Gasteiger partial charge in [-0.3, -0.25) is 9.79 Å². The summed E-state index contributed by atoms with van der Waals surface area (Å²) in [4.78, 5) is 18.5. The van der Waals surface area contributed by atoms with Gasteiger partial charge >= 0.3 is 5.97 Å². The highest BCUT2D eigenvalue weighted by Gasteiger charge is 2.27. The van der Waals surface area contributed by atoms with Crippen LogP contribution in [0.2, 0.25) is 0 Å². The van der Waals surface area contributed by atoms with E-state index in [9.17, 15) is 4.79 Å². The molecule has 0 saturated heterocycles. The molecule has 1 atom stereocenters. The Kier molecular flexibility index (Phi) is 4.59. The third kappa shape index (κ3) is 3.22. The fourth-order valence-electron chi connectivity index (χ4n) is 2.47. The predicted molar refractivity (Wildman–Crippen MR) is 90.1 cm³/mol. The summed E-state index contributed by atoms with van der Waals surface area (Å²) in [6, 6.07) is 10.3. The van der Waals surface area contributed by atoms with Crippen LogP contribution in [0.25, 0.3) is 0 Å². The van der Waals surface area contributed by atoms with Crippen molar-refractivity contribution in [3.63, 3.8) is 0 Å². The zero-order valence-electron chi connectivity index (χ0n) is 12.4. The number of esters is 1. The lowest BCUT2D eigenvalue weighted by molar-refractivity contribution is -0.140. The van der Waals surface area contributed by atoms with E-state index >= 15 is 0 Å². The first kappa shape index (κ1) is 14.9. The van der Waals surface area contributed by atoms with E-state index in [1.807, 2.05) is 30.4 Å². The Balaban J connectivity index is 1.84. The minimum Gasteiger partial charge on any atom is -0.469 e. The molecule has 0 N–H and O–H groups in total. The number of carbonyl (C=O) groups is 1. The van der Waals surface area contributed by atoms with Crippen LogP contribution in [0.1, 0.15) is 12.8 Å². The standard InChI is InChI=1S/C18H17NO2S/c1-21-17(20)12-11-16-18(22-13-7-3-2-4-8-13)14-9-5-6-10-15(14)19-16/h2-10,15H,11-12H2,1H3. The van der Waals surface area contributed by atoms with Gasteiger partial charge in [0.05, 0.1) is 25.3 Å². The highest BCUT2D eigenvalue weighted by molar-refractivity contribution is 8.04. The van der Waals surface area contributed by atoms with E-state index in [0.717, 1.165) is 5.71 Å². The Morgan fingerprint density at radius 1 is 1.27 bits per heavy atom. The molecule has 0 saturated carbocycles. The molecular weight excluding hydrogens is 294 g/mol. The van der Waals surface area contributed by atoms with Gasteiger partial charge in [-0.15, -0.1) is 0 Å². The van der Waals surface area contributed by atoms with Crippen LogP contribution in [-0.4, -0.2) is 24.8 Å². The maximum absolute atomic E-state index is 11.4. The average molecular weight is 311 g/mol. The average Bonchev–Trinajstić information content (AvgIpc) is 2.91. The second-order valence-corrected chi connectivity index (χ2v) is 6.12. The lowest BCUT2D eigenvalue weighted by Crippen LogP contribution is -2.05. The Hall–Kier alpha value is -2.07. The van der Waals surface area contributed by atoms with Crippen molar-refractivity contribution < 1.29 is 9.53 Å². The normalized spacial score (nSPS) is 19.1. The molecule has 112 valence electrons. The SMILES string of the molecule is COC(=O)CCC1=NC2C=CC=CC2=C1Sc1ccccc1. The minimum atomic E-state index is -0.197. The van der Waals surface area contributed by atoms with Crippen LogP contribution in [0.5, 0.6) is 0 Å². The Labute approximate surface area is 134 Å². The quantitative estimate of drug-likeness (QED) is 0.773. The lowest BCUT2D eigenvalue weighted by atomic mass is 10.0. The van der Waals surface area contributed by atoms with Gasteiger partial charge in [-0.2, -0.15) is 0 Å². The van der Waals surface area contributed by atoms with Gasteiger partial charge in [0.25, 0.3) is 0 Å². The molecule has 0 spiro atoms. The van der Waals surface area contributed by atoms with E-state index in [2.05, 4.69) is 24.3 Å². The number of aliphatic imine (C=N–C) groups is 1. The van der Waals surface area contributed by atoms with Gasteiger partial charge in [0.15, 0.2) is 0 Å². The van der Waals surface area contributed by atoms with Crippen molar-refractivity contribution in [3.8, 4) is 0 Å². The molecule has 1 heterocycles. The number of thioether (sulfide) groups is 1. The molecule has 0 radical (unpaired) electrons. The molecule has 22 heavy (non-hydrogen) atoms. The monoisotopic (exact) mass is 311 g/mol. The predicted octanol–water partition coefficient (Wildman–Crippen LogP) is 3.94. The molecule has 1 aliphatic carbocycles. The van der Waals surface area contributed by atoms with Gasteiger partial charge in [-0.05, 0) is 17.7 Å². The summed E-state index contributed by atoms with van der Waals surface area (Å²) in [6.07, 6.45) is 9.24. The molecule has 0 bridgehead atoms. The molecule has 4 heteroatoms. The summed E-state index contributed by atoms with van der Waals surface area (Å²) in [5.74, 6) is -0.197. The molecular formula is C18H17NO2S. The van der Waals surface area contributed by atoms with E-state index in [1.54, 1.807) is 11.8 Å². The summed E-state index contributed by atoms with van der Waals surface area (Å²) in [5.41, 5.74) is 2.21. The maximum Gasteiger partial charge on any atom is 0.305 e. The van der Waals surface area contributed by atoms with E-state index in [4.69, 9.17) is 9.73 Å². The molecule has 3 rings (SSSR count). The number of fused-ring (bicyclic) bond motifs is 1. The van der Waals surface area contributed by atoms with E-state index in [-0.39, 0.29) is 12.0 Å². The highest BCUT2D eigenvalue weighted by atomic mass is 32.2. The maximum atomic E-state index is 11.4. The van der Waals surface area contributed by atoms with Gasteiger partial charge < -0.3 is 4.74 Å². The molecule has 1 aromatic rings. The van der Waals surface area contributed by atoms with Gasteiger partial charge in [0.1, 0.15) is 0 Å². The first-order chi connectivity index (χ1) is 10.8. The molecule has 1 aromatic carbocycles. The van der Waals surface area contributed by atoms with Crippen molar-refractivity contribution >= 4 is 23.4 Å². The van der Waals surface area contributed by atoms with Crippen molar-refractivity contribution in [2.24, 2.45) is 4.99 Å². The number of hydrogen-bond acceptors (Lipinski definition) is 4. The van der Waals surface area contributed by atoms with Crippen molar-refractivity contribution in [2.45, 2.75) is 23.8 Å². The topological polar surface area (TPSA) is 38.7 Å². The van der Waals surface area contributed by atoms with Crippen LogP contribution in [0.15, 0.2) is 75.0 Å². The van der Waals surface area contributed by atoms with Crippen LogP contribution in [0.3, 0.4) is 0 Å². The number of hydrogen-bond donors (Lipinski definition) is 0. The lowest BCUT2D eigenvalue weighted by Gasteiger charge is -2.10. The number of allylic oxidation sites excluding steroid dienone is 3. The first-order valence-electron chi connectivity index (χ1n) is 7.24. The van der Waals surface area contributed by atoms with Gasteiger partial charge in [0, 0.05) is 16.2 Å². The fourth-order valence-corrected chi connectivity index (χ4v) is 3.58. The largest absolute Gasteiger partial charge is 0.469 e. The van der Waals surface area contributed by atoms with Gasteiger partial charge in [0.2, 0.25) is 0 Å². The minimum absolute atomic E-state index is 0.0869. The van der Waals surface area contributed by atoms with Gasteiger partial charge in [-0.1, -0.05) is 54.3 Å². The van der Waals surface area contributed by atoms with E-state index in [0.29, 0.717) is 12.8 Å². The van der Waals surface area contributed by atoms with Crippen LogP contribution in [0, 0.1) is 0 Å². The van der Waals surface area contributed by atoms with Crippen LogP contribution >= 0.6 is 11.8 Å². The van der Waals surface area contributed by atoms with Crippen LogP contribution in [-0.2, 0) is 9.53 Å². The second-order valence-electron chi connectivity index (χ2n) is 5.04. The van der Waals surface area contributed by atoms with Crippen molar-refractivity contribution in [2.75, 3.05) is 7.11 Å². The van der Waals surface area contributed by atoms with Crippen molar-refractivity contribution in [1.82, 2.24) is 0 Å².